The van der Waals surface area contributed by atoms with E-state index in [0.29, 0.717) is 18.5 Å². The van der Waals surface area contributed by atoms with Crippen molar-refractivity contribution in [3.05, 3.63) is 24.5 Å². The molecule has 1 fully saturated rings. The number of aliphatic carboxylic acids is 1. The zero-order valence-electron chi connectivity index (χ0n) is 11.5. The third-order valence-corrected chi connectivity index (χ3v) is 3.93. The highest BCUT2D eigenvalue weighted by Crippen LogP contribution is 2.37. The Hall–Kier alpha value is -2.11. The van der Waals surface area contributed by atoms with Crippen LogP contribution in [0.3, 0.4) is 0 Å². The highest BCUT2D eigenvalue weighted by atomic mass is 16.4. The summed E-state index contributed by atoms with van der Waals surface area (Å²) >= 11 is 0. The zero-order chi connectivity index (χ0) is 14.6. The third kappa shape index (κ3) is 2.89. The van der Waals surface area contributed by atoms with Gasteiger partial charge in [0.15, 0.2) is 0 Å². The second-order valence-electron chi connectivity index (χ2n) is 5.22. The molecule has 0 aromatic carbocycles. The minimum absolute atomic E-state index is 0.172. The first kappa shape index (κ1) is 14.3. The lowest BCUT2D eigenvalue weighted by Gasteiger charge is -2.26. The molecule has 0 bridgehead atoms. The summed E-state index contributed by atoms with van der Waals surface area (Å²) < 4.78 is 0. The second kappa shape index (κ2) is 5.90. The van der Waals surface area contributed by atoms with Crippen molar-refractivity contribution in [2.24, 2.45) is 5.41 Å². The number of carboxylic acids is 1. The maximum atomic E-state index is 12.1. The molecule has 0 aliphatic heterocycles. The van der Waals surface area contributed by atoms with Crippen LogP contribution in [0.1, 0.15) is 25.7 Å². The van der Waals surface area contributed by atoms with Crippen LogP contribution in [-0.2, 0) is 4.79 Å². The van der Waals surface area contributed by atoms with Crippen LogP contribution in [0.25, 0.3) is 0 Å². The summed E-state index contributed by atoms with van der Waals surface area (Å²) in [5.41, 5.74) is -0.133. The average Bonchev–Trinajstić information content (AvgIpc) is 2.95. The minimum atomic E-state index is -0.820. The second-order valence-corrected chi connectivity index (χ2v) is 5.22. The van der Waals surface area contributed by atoms with E-state index in [1.807, 2.05) is 0 Å². The Bertz CT molecular complexity index is 484. The smallest absolute Gasteiger partial charge is 0.321 e. The van der Waals surface area contributed by atoms with Gasteiger partial charge in [0, 0.05) is 19.8 Å². The monoisotopic (exact) mass is 277 g/mol. The maximum absolute atomic E-state index is 12.1. The summed E-state index contributed by atoms with van der Waals surface area (Å²) in [5, 5.41) is 12.1. The number of rotatable bonds is 4. The van der Waals surface area contributed by atoms with E-state index >= 15 is 0 Å². The summed E-state index contributed by atoms with van der Waals surface area (Å²) in [6.07, 6.45) is 6.27. The molecule has 1 aromatic heterocycles. The highest BCUT2D eigenvalue weighted by molar-refractivity contribution is 5.91. The van der Waals surface area contributed by atoms with Crippen LogP contribution in [-0.4, -0.2) is 35.7 Å². The number of hydrogen-bond donors (Lipinski definition) is 2. The van der Waals surface area contributed by atoms with E-state index < -0.39 is 11.4 Å². The van der Waals surface area contributed by atoms with Gasteiger partial charge >= 0.3 is 12.0 Å². The molecule has 0 atom stereocenters. The van der Waals surface area contributed by atoms with Crippen molar-refractivity contribution in [3.63, 3.8) is 0 Å². The minimum Gasteiger partial charge on any atom is -0.481 e. The van der Waals surface area contributed by atoms with Crippen LogP contribution in [0.5, 0.6) is 0 Å². The van der Waals surface area contributed by atoms with E-state index in [2.05, 4.69) is 10.3 Å². The lowest BCUT2D eigenvalue weighted by atomic mass is 9.86. The standard InChI is InChI=1S/C14H19N3O3/c1-17(11-5-4-8-15-9-11)13(20)16-10-14(12(18)19)6-2-3-7-14/h4-5,8-9H,2-3,6-7,10H2,1H3,(H,16,20)(H,18,19). The van der Waals surface area contributed by atoms with Gasteiger partial charge in [0.05, 0.1) is 17.3 Å². The topological polar surface area (TPSA) is 82.5 Å². The molecule has 1 aliphatic rings. The quantitative estimate of drug-likeness (QED) is 0.880. The molecular formula is C14H19N3O3. The summed E-state index contributed by atoms with van der Waals surface area (Å²) in [5.74, 6) is -0.820. The van der Waals surface area contributed by atoms with Crippen LogP contribution in [0.15, 0.2) is 24.5 Å². The first-order chi connectivity index (χ1) is 9.55. The van der Waals surface area contributed by atoms with Gasteiger partial charge in [-0.2, -0.15) is 0 Å². The molecule has 1 aromatic rings. The molecule has 2 amide bonds. The van der Waals surface area contributed by atoms with Crippen molar-refractivity contribution in [3.8, 4) is 0 Å². The van der Waals surface area contributed by atoms with Gasteiger partial charge in [-0.3, -0.25) is 14.7 Å². The molecule has 0 unspecified atom stereocenters. The number of hydrogen-bond acceptors (Lipinski definition) is 3. The summed E-state index contributed by atoms with van der Waals surface area (Å²) in [6.45, 7) is 0.172. The van der Waals surface area contributed by atoms with Crippen molar-refractivity contribution in [1.82, 2.24) is 10.3 Å². The predicted molar refractivity (Wildman–Crippen MR) is 74.6 cm³/mol. The molecule has 108 valence electrons. The van der Waals surface area contributed by atoms with Gasteiger partial charge in [0.2, 0.25) is 0 Å². The molecule has 0 spiro atoms. The highest BCUT2D eigenvalue weighted by Gasteiger charge is 2.41. The Morgan fingerprint density at radius 2 is 2.15 bits per heavy atom. The molecule has 6 nitrogen and oxygen atoms in total. The summed E-state index contributed by atoms with van der Waals surface area (Å²) in [4.78, 5) is 28.8. The third-order valence-electron chi connectivity index (χ3n) is 3.93. The molecular weight excluding hydrogens is 258 g/mol. The van der Waals surface area contributed by atoms with Gasteiger partial charge in [-0.1, -0.05) is 12.8 Å². The largest absolute Gasteiger partial charge is 0.481 e. The Labute approximate surface area is 117 Å². The molecule has 1 aliphatic carbocycles. The van der Waals surface area contributed by atoms with E-state index in [0.717, 1.165) is 12.8 Å². The summed E-state index contributed by atoms with van der Waals surface area (Å²) in [6, 6.07) is 3.20. The number of carbonyl (C=O) groups excluding carboxylic acids is 1. The number of anilines is 1. The molecule has 0 saturated heterocycles. The number of aromatic nitrogens is 1. The first-order valence-electron chi connectivity index (χ1n) is 6.70. The average molecular weight is 277 g/mol. The number of pyridine rings is 1. The van der Waals surface area contributed by atoms with E-state index in [9.17, 15) is 14.7 Å². The molecule has 1 saturated carbocycles. The molecule has 20 heavy (non-hydrogen) atoms. The Morgan fingerprint density at radius 3 is 2.70 bits per heavy atom. The first-order valence-corrected chi connectivity index (χ1v) is 6.70. The fourth-order valence-electron chi connectivity index (χ4n) is 2.55. The fraction of sp³-hybridized carbons (Fsp3) is 0.500. The Kier molecular flexibility index (Phi) is 4.22. The maximum Gasteiger partial charge on any atom is 0.321 e. The molecule has 0 radical (unpaired) electrons. The van der Waals surface area contributed by atoms with Crippen molar-refractivity contribution >= 4 is 17.7 Å². The van der Waals surface area contributed by atoms with Crippen LogP contribution < -0.4 is 10.2 Å². The van der Waals surface area contributed by atoms with E-state index in [-0.39, 0.29) is 12.6 Å². The molecule has 6 heteroatoms. The molecule has 2 rings (SSSR count). The van der Waals surface area contributed by atoms with Crippen molar-refractivity contribution < 1.29 is 14.7 Å². The molecule has 1 heterocycles. The molecule has 2 N–H and O–H groups in total. The fourth-order valence-corrected chi connectivity index (χ4v) is 2.55. The zero-order valence-corrected chi connectivity index (χ0v) is 11.5. The predicted octanol–water partition coefficient (Wildman–Crippen LogP) is 1.87. The number of nitrogens with one attached hydrogen (secondary N) is 1. The van der Waals surface area contributed by atoms with E-state index in [1.165, 1.54) is 4.90 Å². The lowest BCUT2D eigenvalue weighted by molar-refractivity contribution is -0.148. The number of carbonyl (C=O) groups is 2. The van der Waals surface area contributed by atoms with Crippen molar-refractivity contribution in [2.75, 3.05) is 18.5 Å². The lowest BCUT2D eigenvalue weighted by Crippen LogP contribution is -2.45. The SMILES string of the molecule is CN(C(=O)NCC1(C(=O)O)CCCC1)c1cccnc1. The number of carboxylic acid groups (broad SMARTS) is 1. The normalized spacial score (nSPS) is 16.6. The number of amides is 2. The van der Waals surface area contributed by atoms with E-state index in [1.54, 1.807) is 31.6 Å². The van der Waals surface area contributed by atoms with Gasteiger partial charge in [-0.05, 0) is 25.0 Å². The van der Waals surface area contributed by atoms with Crippen LogP contribution in [0, 0.1) is 5.41 Å². The van der Waals surface area contributed by atoms with Gasteiger partial charge in [0.25, 0.3) is 0 Å². The van der Waals surface area contributed by atoms with Gasteiger partial charge < -0.3 is 10.4 Å². The Morgan fingerprint density at radius 1 is 1.45 bits per heavy atom. The number of urea groups is 1. The van der Waals surface area contributed by atoms with Crippen molar-refractivity contribution in [1.29, 1.82) is 0 Å². The Balaban J connectivity index is 1.96. The van der Waals surface area contributed by atoms with Gasteiger partial charge in [-0.15, -0.1) is 0 Å². The van der Waals surface area contributed by atoms with Crippen molar-refractivity contribution in [2.45, 2.75) is 25.7 Å². The van der Waals surface area contributed by atoms with Gasteiger partial charge in [0.1, 0.15) is 0 Å². The van der Waals surface area contributed by atoms with Gasteiger partial charge in [-0.25, -0.2) is 4.79 Å². The van der Waals surface area contributed by atoms with E-state index in [4.69, 9.17) is 0 Å². The summed E-state index contributed by atoms with van der Waals surface area (Å²) in [7, 11) is 1.63. The van der Waals surface area contributed by atoms with Crippen LogP contribution in [0.4, 0.5) is 10.5 Å². The van der Waals surface area contributed by atoms with Crippen LogP contribution in [0.2, 0.25) is 0 Å². The number of nitrogens with zero attached hydrogens (tertiary/aromatic N) is 2. The van der Waals surface area contributed by atoms with Crippen LogP contribution >= 0.6 is 0 Å².